The highest BCUT2D eigenvalue weighted by Crippen LogP contribution is 2.43. The Bertz CT molecular complexity index is 1900. The van der Waals surface area contributed by atoms with Gasteiger partial charge in [0, 0.05) is 42.8 Å². The van der Waals surface area contributed by atoms with E-state index in [1.807, 2.05) is 0 Å². The average Bonchev–Trinajstić information content (AvgIpc) is 3.38. The van der Waals surface area contributed by atoms with Crippen molar-refractivity contribution in [3.8, 4) is 29.6 Å². The van der Waals surface area contributed by atoms with Crippen LogP contribution in [0.15, 0.2) is 24.3 Å². The van der Waals surface area contributed by atoms with E-state index in [2.05, 4.69) is 20.7 Å². The number of halogens is 3. The molecule has 4 aliphatic rings. The Hall–Kier alpha value is -4.14. The maximum absolute atomic E-state index is 17.0. The Kier molecular flexibility index (Phi) is 6.76. The summed E-state index contributed by atoms with van der Waals surface area (Å²) in [5.74, 6) is 1.70. The first-order chi connectivity index (χ1) is 21.8. The van der Waals surface area contributed by atoms with Gasteiger partial charge in [0.25, 0.3) is 0 Å². The molecule has 3 atom stereocenters. The number of benzene rings is 2. The second-order valence-corrected chi connectivity index (χ2v) is 12.7. The van der Waals surface area contributed by atoms with E-state index in [0.717, 1.165) is 25.8 Å². The van der Waals surface area contributed by atoms with Crippen LogP contribution in [0.3, 0.4) is 0 Å². The predicted octanol–water partition coefficient (Wildman–Crippen LogP) is 5.18. The highest BCUT2D eigenvalue weighted by Gasteiger charge is 2.49. The van der Waals surface area contributed by atoms with Crippen molar-refractivity contribution in [3.05, 3.63) is 47.2 Å². The lowest BCUT2D eigenvalue weighted by Gasteiger charge is -2.31. The molecule has 2 aromatic carbocycles. The van der Waals surface area contributed by atoms with Crippen LogP contribution in [0.4, 0.5) is 24.7 Å². The summed E-state index contributed by atoms with van der Waals surface area (Å²) in [7, 11) is 0. The minimum absolute atomic E-state index is 0.000505. The van der Waals surface area contributed by atoms with Crippen molar-refractivity contribution in [2.24, 2.45) is 0 Å². The molecule has 0 amide bonds. The number of anilines is 2. The number of aromatic nitrogens is 3. The van der Waals surface area contributed by atoms with E-state index in [1.54, 1.807) is 18.2 Å². The molecule has 2 N–H and O–H groups in total. The maximum Gasteiger partial charge on any atom is 0.319 e. The van der Waals surface area contributed by atoms with Gasteiger partial charge in [0.1, 0.15) is 35.6 Å². The fourth-order valence-electron chi connectivity index (χ4n) is 7.93. The molecule has 0 spiro atoms. The summed E-state index contributed by atoms with van der Waals surface area (Å²) in [4.78, 5) is 18.7. The summed E-state index contributed by atoms with van der Waals surface area (Å²) in [5, 5.41) is 1.45. The van der Waals surface area contributed by atoms with Crippen molar-refractivity contribution in [3.63, 3.8) is 0 Å². The SMILES string of the molecule is C#Cc1c(F)ccc2cc(N)cc(-c3nc4c5c(nc(OC[C@@]67CCCN6C[C@H](F)C7)nc5c3F)N3CCCOC[C@@H]3CC4)c12. The number of nitrogens with two attached hydrogens (primary N) is 1. The first-order valence-corrected chi connectivity index (χ1v) is 15.6. The number of hydrogen-bond acceptors (Lipinski definition) is 8. The fraction of sp³-hybridized carbons (Fsp3) is 0.441. The first kappa shape index (κ1) is 28.3. The molecular formula is C34H33F3N6O2. The molecule has 8 nitrogen and oxygen atoms in total. The molecule has 0 unspecified atom stereocenters. The van der Waals surface area contributed by atoms with Crippen LogP contribution < -0.4 is 15.4 Å². The standard InChI is InChI=1S/C34H33F3N6O2/c1-2-23-25(36)7-5-19-13-21(38)14-24(27(19)23)30-29(37)31-28-26(39-30)8-6-22-17-44-12-4-11-43(22)32(28)41-33(40-31)45-18-34-9-3-10-42(34)16-20(35)15-34/h1,5,7,13-14,20,22H,3-4,6,8-12,15-18,38H2/t20-,22+,34+/m1/s1. The van der Waals surface area contributed by atoms with Crippen LogP contribution in [0.1, 0.15) is 43.4 Å². The third-order valence-corrected chi connectivity index (χ3v) is 9.97. The molecule has 4 aliphatic heterocycles. The number of alkyl halides is 1. The van der Waals surface area contributed by atoms with Gasteiger partial charge in [0.2, 0.25) is 0 Å². The van der Waals surface area contributed by atoms with Gasteiger partial charge in [-0.15, -0.1) is 6.42 Å². The molecule has 11 heteroatoms. The van der Waals surface area contributed by atoms with Crippen molar-refractivity contribution < 1.29 is 22.6 Å². The van der Waals surface area contributed by atoms with Gasteiger partial charge in [0.15, 0.2) is 5.82 Å². The molecule has 2 aromatic heterocycles. The zero-order chi connectivity index (χ0) is 30.9. The molecule has 8 rings (SSSR count). The van der Waals surface area contributed by atoms with Gasteiger partial charge in [-0.2, -0.15) is 9.97 Å². The predicted molar refractivity (Wildman–Crippen MR) is 166 cm³/mol. The Morgan fingerprint density at radius 3 is 2.89 bits per heavy atom. The lowest BCUT2D eigenvalue weighted by atomic mass is 9.95. The number of rotatable bonds is 4. The molecule has 0 bridgehead atoms. The quantitative estimate of drug-likeness (QED) is 0.249. The average molecular weight is 615 g/mol. The molecule has 0 saturated carbocycles. The lowest BCUT2D eigenvalue weighted by Crippen LogP contribution is -2.43. The van der Waals surface area contributed by atoms with Crippen LogP contribution in [0.25, 0.3) is 32.9 Å². The molecule has 6 heterocycles. The summed E-state index contributed by atoms with van der Waals surface area (Å²) >= 11 is 0. The van der Waals surface area contributed by atoms with E-state index in [-0.39, 0.29) is 35.4 Å². The van der Waals surface area contributed by atoms with Crippen LogP contribution >= 0.6 is 0 Å². The molecular weight excluding hydrogens is 581 g/mol. The van der Waals surface area contributed by atoms with Crippen LogP contribution in [0, 0.1) is 24.0 Å². The van der Waals surface area contributed by atoms with Gasteiger partial charge in [-0.1, -0.05) is 12.0 Å². The highest BCUT2D eigenvalue weighted by molar-refractivity contribution is 6.04. The van der Waals surface area contributed by atoms with Crippen molar-refractivity contribution >= 4 is 33.2 Å². The fourth-order valence-corrected chi connectivity index (χ4v) is 7.93. The zero-order valence-corrected chi connectivity index (χ0v) is 24.8. The number of fused-ring (bicyclic) bond motifs is 4. The number of ether oxygens (including phenoxy) is 2. The Labute approximate surface area is 258 Å². The Balaban J connectivity index is 1.33. The van der Waals surface area contributed by atoms with Gasteiger partial charge >= 0.3 is 6.01 Å². The molecule has 232 valence electrons. The lowest BCUT2D eigenvalue weighted by molar-refractivity contribution is 0.107. The highest BCUT2D eigenvalue weighted by atomic mass is 19.1. The number of terminal acetylenes is 1. The van der Waals surface area contributed by atoms with Crippen LogP contribution in [-0.2, 0) is 11.2 Å². The zero-order valence-electron chi connectivity index (χ0n) is 24.8. The Morgan fingerprint density at radius 2 is 2.02 bits per heavy atom. The monoisotopic (exact) mass is 614 g/mol. The number of aryl methyl sites for hydroxylation is 1. The molecule has 0 radical (unpaired) electrons. The number of hydrogen-bond donors (Lipinski definition) is 1. The number of pyridine rings is 1. The van der Waals surface area contributed by atoms with E-state index < -0.39 is 23.3 Å². The third kappa shape index (κ3) is 4.57. The molecule has 45 heavy (non-hydrogen) atoms. The van der Waals surface area contributed by atoms with Crippen LogP contribution in [0.2, 0.25) is 0 Å². The molecule has 3 saturated heterocycles. The molecule has 3 fully saturated rings. The van der Waals surface area contributed by atoms with E-state index in [1.165, 1.54) is 6.07 Å². The normalized spacial score (nSPS) is 24.7. The van der Waals surface area contributed by atoms with E-state index >= 15 is 4.39 Å². The van der Waals surface area contributed by atoms with Crippen LogP contribution in [-0.4, -0.2) is 77.1 Å². The van der Waals surface area contributed by atoms with Crippen molar-refractivity contribution in [2.45, 2.75) is 56.3 Å². The summed E-state index contributed by atoms with van der Waals surface area (Å²) in [5.41, 5.74) is 7.17. The summed E-state index contributed by atoms with van der Waals surface area (Å²) in [6.07, 6.45) is 9.04. The van der Waals surface area contributed by atoms with E-state index in [4.69, 9.17) is 31.6 Å². The maximum atomic E-state index is 17.0. The number of nitrogens with zero attached hydrogens (tertiary/aromatic N) is 5. The molecule has 0 aliphatic carbocycles. The molecule has 4 aromatic rings. The van der Waals surface area contributed by atoms with Gasteiger partial charge in [-0.3, -0.25) is 4.90 Å². The minimum atomic E-state index is -0.909. The minimum Gasteiger partial charge on any atom is -0.461 e. The second kappa shape index (κ2) is 10.7. The van der Waals surface area contributed by atoms with Crippen LogP contribution in [0.5, 0.6) is 6.01 Å². The topological polar surface area (TPSA) is 89.6 Å². The first-order valence-electron chi connectivity index (χ1n) is 15.6. The summed E-state index contributed by atoms with van der Waals surface area (Å²) in [6.45, 7) is 3.23. The van der Waals surface area contributed by atoms with Crippen molar-refractivity contribution in [1.29, 1.82) is 0 Å². The van der Waals surface area contributed by atoms with Crippen molar-refractivity contribution in [2.75, 3.05) is 50.1 Å². The summed E-state index contributed by atoms with van der Waals surface area (Å²) in [6, 6.07) is 6.14. The number of nitrogen functional groups attached to an aromatic ring is 1. The van der Waals surface area contributed by atoms with E-state index in [0.29, 0.717) is 84.5 Å². The second-order valence-electron chi connectivity index (χ2n) is 12.7. The third-order valence-electron chi connectivity index (χ3n) is 9.97. The smallest absolute Gasteiger partial charge is 0.319 e. The largest absolute Gasteiger partial charge is 0.461 e. The van der Waals surface area contributed by atoms with Gasteiger partial charge in [-0.25, -0.2) is 18.2 Å². The van der Waals surface area contributed by atoms with Gasteiger partial charge in [-0.05, 0) is 62.2 Å². The van der Waals surface area contributed by atoms with Gasteiger partial charge in [0.05, 0.1) is 34.8 Å². The van der Waals surface area contributed by atoms with Crippen molar-refractivity contribution in [1.82, 2.24) is 19.9 Å². The van der Waals surface area contributed by atoms with E-state index in [9.17, 15) is 8.78 Å². The van der Waals surface area contributed by atoms with Gasteiger partial charge < -0.3 is 20.1 Å². The summed E-state index contributed by atoms with van der Waals surface area (Å²) < 4.78 is 58.6. The Morgan fingerprint density at radius 1 is 1.13 bits per heavy atom.